The second kappa shape index (κ2) is 10.5. The molecular weight excluding hydrogens is 507 g/mol. The number of nitrogens with one attached hydrogen (secondary N) is 2. The van der Waals surface area contributed by atoms with E-state index in [1.807, 2.05) is 61.9 Å². The highest BCUT2D eigenvalue weighted by Crippen LogP contribution is 2.35. The number of alkyl halides is 3. The third kappa shape index (κ3) is 5.88. The summed E-state index contributed by atoms with van der Waals surface area (Å²) in [5.41, 5.74) is 4.94. The van der Waals surface area contributed by atoms with Gasteiger partial charge in [0.25, 0.3) is 0 Å². The highest BCUT2D eigenvalue weighted by Gasteiger charge is 2.38. The van der Waals surface area contributed by atoms with E-state index >= 15 is 0 Å². The summed E-state index contributed by atoms with van der Waals surface area (Å²) in [5, 5.41) is 9.83. The van der Waals surface area contributed by atoms with E-state index in [0.29, 0.717) is 28.5 Å². The minimum Gasteiger partial charge on any atom is -0.324 e. The largest absolute Gasteiger partial charge is 0.471 e. The first-order valence-corrected chi connectivity index (χ1v) is 12.0. The number of carbonyl (C=O) groups excluding carboxylic acids is 1. The lowest BCUT2D eigenvalue weighted by Crippen LogP contribution is -2.29. The molecule has 0 unspecified atom stereocenters. The topological polar surface area (TPSA) is 87.5 Å². The molecule has 0 atom stereocenters. The Morgan fingerprint density at radius 2 is 1.77 bits per heavy atom. The smallest absolute Gasteiger partial charge is 0.324 e. The SMILES string of the molecule is CN(C)Cc1cccc(Nc2nccc(-c3c(-c4cccc(NC(=O)C(F)(F)F)c4)nn4ccccc34)n2)c1. The zero-order valence-electron chi connectivity index (χ0n) is 21.1. The van der Waals surface area contributed by atoms with E-state index in [2.05, 4.69) is 20.3 Å². The molecule has 0 aliphatic heterocycles. The fourth-order valence-corrected chi connectivity index (χ4v) is 4.20. The van der Waals surface area contributed by atoms with Gasteiger partial charge in [-0.05, 0) is 62.1 Å². The third-order valence-corrected chi connectivity index (χ3v) is 5.78. The van der Waals surface area contributed by atoms with Crippen LogP contribution in [0.1, 0.15) is 5.56 Å². The van der Waals surface area contributed by atoms with Crippen molar-refractivity contribution in [3.63, 3.8) is 0 Å². The average molecular weight is 532 g/mol. The van der Waals surface area contributed by atoms with E-state index < -0.39 is 12.1 Å². The van der Waals surface area contributed by atoms with Gasteiger partial charge in [0, 0.05) is 35.9 Å². The third-order valence-electron chi connectivity index (χ3n) is 5.78. The predicted octanol–water partition coefficient (Wildman–Crippen LogP) is 5.76. The van der Waals surface area contributed by atoms with Crippen molar-refractivity contribution in [2.45, 2.75) is 12.7 Å². The summed E-state index contributed by atoms with van der Waals surface area (Å²) in [4.78, 5) is 22.7. The molecule has 11 heteroatoms. The Bertz CT molecular complexity index is 1650. The Morgan fingerprint density at radius 1 is 0.974 bits per heavy atom. The van der Waals surface area contributed by atoms with Crippen LogP contribution in [0, 0.1) is 0 Å². The molecule has 5 aromatic rings. The average Bonchev–Trinajstić information content (AvgIpc) is 3.28. The molecule has 5 rings (SSSR count). The van der Waals surface area contributed by atoms with Gasteiger partial charge in [-0.15, -0.1) is 0 Å². The van der Waals surface area contributed by atoms with E-state index in [1.165, 1.54) is 12.1 Å². The summed E-state index contributed by atoms with van der Waals surface area (Å²) in [6.45, 7) is 0.782. The van der Waals surface area contributed by atoms with Gasteiger partial charge in [0.2, 0.25) is 5.95 Å². The van der Waals surface area contributed by atoms with Gasteiger partial charge in [0.05, 0.1) is 16.8 Å². The summed E-state index contributed by atoms with van der Waals surface area (Å²) >= 11 is 0. The van der Waals surface area contributed by atoms with Gasteiger partial charge in [-0.2, -0.15) is 18.3 Å². The number of pyridine rings is 1. The molecule has 0 aliphatic rings. The van der Waals surface area contributed by atoms with Crippen LogP contribution in [-0.2, 0) is 11.3 Å². The van der Waals surface area contributed by atoms with E-state index in [1.54, 1.807) is 35.1 Å². The van der Waals surface area contributed by atoms with Crippen LogP contribution in [-0.4, -0.2) is 50.7 Å². The van der Waals surface area contributed by atoms with Crippen LogP contribution in [0.3, 0.4) is 0 Å². The molecule has 0 saturated heterocycles. The number of fused-ring (bicyclic) bond motifs is 1. The molecule has 0 aliphatic carbocycles. The van der Waals surface area contributed by atoms with Crippen LogP contribution >= 0.6 is 0 Å². The van der Waals surface area contributed by atoms with Gasteiger partial charge in [-0.1, -0.05) is 30.3 Å². The lowest BCUT2D eigenvalue weighted by Gasteiger charge is -2.12. The molecule has 3 heterocycles. The molecule has 0 saturated carbocycles. The van der Waals surface area contributed by atoms with E-state index in [4.69, 9.17) is 4.98 Å². The maximum atomic E-state index is 12.8. The van der Waals surface area contributed by atoms with Gasteiger partial charge in [-0.25, -0.2) is 14.5 Å². The molecule has 8 nitrogen and oxygen atoms in total. The van der Waals surface area contributed by atoms with Gasteiger partial charge in [0.1, 0.15) is 5.69 Å². The van der Waals surface area contributed by atoms with E-state index in [0.717, 1.165) is 23.3 Å². The highest BCUT2D eigenvalue weighted by molar-refractivity contribution is 5.96. The number of aromatic nitrogens is 4. The van der Waals surface area contributed by atoms with Crippen LogP contribution in [0.2, 0.25) is 0 Å². The lowest BCUT2D eigenvalue weighted by atomic mass is 10.0. The summed E-state index contributed by atoms with van der Waals surface area (Å²) in [7, 11) is 4.00. The highest BCUT2D eigenvalue weighted by atomic mass is 19.4. The van der Waals surface area contributed by atoms with Crippen LogP contribution in [0.4, 0.5) is 30.5 Å². The van der Waals surface area contributed by atoms with Gasteiger partial charge < -0.3 is 15.5 Å². The van der Waals surface area contributed by atoms with Crippen LogP contribution < -0.4 is 10.6 Å². The molecule has 198 valence electrons. The Hall–Kier alpha value is -4.77. The van der Waals surface area contributed by atoms with Crippen molar-refractivity contribution in [3.8, 4) is 22.5 Å². The number of halogens is 3. The summed E-state index contributed by atoms with van der Waals surface area (Å²) < 4.78 is 40.1. The van der Waals surface area contributed by atoms with Crippen LogP contribution in [0.25, 0.3) is 28.0 Å². The van der Waals surface area contributed by atoms with Crippen molar-refractivity contribution >= 4 is 28.7 Å². The second-order valence-electron chi connectivity index (χ2n) is 9.12. The molecule has 39 heavy (non-hydrogen) atoms. The molecule has 0 spiro atoms. The Labute approximate surface area is 222 Å². The van der Waals surface area contributed by atoms with Crippen molar-refractivity contribution in [1.82, 2.24) is 24.5 Å². The fourth-order valence-electron chi connectivity index (χ4n) is 4.20. The number of carbonyl (C=O) groups is 1. The molecule has 0 fully saturated rings. The Morgan fingerprint density at radius 3 is 2.56 bits per heavy atom. The van der Waals surface area contributed by atoms with Gasteiger partial charge in [0.15, 0.2) is 0 Å². The standard InChI is InChI=1S/C28H24F3N7O/c1-37(2)17-18-7-5-9-20(15-18)34-27-32-13-12-22(35-27)24-23-11-3-4-14-38(23)36-25(24)19-8-6-10-21(16-19)33-26(39)28(29,30)31/h3-16H,17H2,1-2H3,(H,33,39)(H,32,34,35). The number of anilines is 3. The zero-order chi connectivity index (χ0) is 27.6. The van der Waals surface area contributed by atoms with Crippen molar-refractivity contribution in [2.75, 3.05) is 24.7 Å². The first-order chi connectivity index (χ1) is 18.7. The van der Waals surface area contributed by atoms with Crippen molar-refractivity contribution in [2.24, 2.45) is 0 Å². The number of benzene rings is 2. The van der Waals surface area contributed by atoms with Crippen molar-refractivity contribution in [3.05, 3.63) is 90.8 Å². The quantitative estimate of drug-likeness (QED) is 0.278. The number of hydrogen-bond donors (Lipinski definition) is 2. The number of hydrogen-bond acceptors (Lipinski definition) is 6. The van der Waals surface area contributed by atoms with E-state index in [-0.39, 0.29) is 5.69 Å². The Balaban J connectivity index is 1.53. The van der Waals surface area contributed by atoms with E-state index in [9.17, 15) is 18.0 Å². The van der Waals surface area contributed by atoms with Crippen molar-refractivity contribution < 1.29 is 18.0 Å². The number of nitrogens with zero attached hydrogens (tertiary/aromatic N) is 5. The summed E-state index contributed by atoms with van der Waals surface area (Å²) in [5.74, 6) is -1.67. The lowest BCUT2D eigenvalue weighted by molar-refractivity contribution is -0.167. The minimum atomic E-state index is -5.00. The normalized spacial score (nSPS) is 11.6. The van der Waals surface area contributed by atoms with Crippen LogP contribution in [0.15, 0.2) is 85.2 Å². The Kier molecular flexibility index (Phi) is 6.99. The molecule has 3 aromatic heterocycles. The zero-order valence-corrected chi connectivity index (χ0v) is 21.1. The molecule has 2 aromatic carbocycles. The molecule has 0 radical (unpaired) electrons. The first-order valence-electron chi connectivity index (χ1n) is 12.0. The number of amides is 1. The molecule has 0 bridgehead atoms. The monoisotopic (exact) mass is 531 g/mol. The summed E-state index contributed by atoms with van der Waals surface area (Å²) in [6.07, 6.45) is -1.60. The molecular formula is C28H24F3N7O. The maximum absolute atomic E-state index is 12.8. The first kappa shape index (κ1) is 25.9. The number of rotatable bonds is 7. The summed E-state index contributed by atoms with van der Waals surface area (Å²) in [6, 6.07) is 21.4. The van der Waals surface area contributed by atoms with Gasteiger partial charge in [-0.3, -0.25) is 4.79 Å². The maximum Gasteiger partial charge on any atom is 0.471 e. The molecule has 1 amide bonds. The fraction of sp³-hybridized carbons (Fsp3) is 0.143. The minimum absolute atomic E-state index is 0.000445. The van der Waals surface area contributed by atoms with Gasteiger partial charge >= 0.3 is 12.1 Å². The van der Waals surface area contributed by atoms with Crippen molar-refractivity contribution in [1.29, 1.82) is 0 Å². The molecule has 2 N–H and O–H groups in total. The predicted molar refractivity (Wildman–Crippen MR) is 143 cm³/mol. The van der Waals surface area contributed by atoms with Crippen LogP contribution in [0.5, 0.6) is 0 Å². The second-order valence-corrected chi connectivity index (χ2v) is 9.12.